The van der Waals surface area contributed by atoms with E-state index in [2.05, 4.69) is 34.1 Å². The summed E-state index contributed by atoms with van der Waals surface area (Å²) in [5.74, 6) is 1.79. The van der Waals surface area contributed by atoms with Gasteiger partial charge in [0.05, 0.1) is 0 Å². The highest BCUT2D eigenvalue weighted by Crippen LogP contribution is 2.28. The molecule has 0 aliphatic rings. The topological polar surface area (TPSA) is 0 Å². The van der Waals surface area contributed by atoms with E-state index in [0.29, 0.717) is 0 Å². The highest BCUT2D eigenvalue weighted by molar-refractivity contribution is 4.83. The van der Waals surface area contributed by atoms with Gasteiger partial charge in [0.2, 0.25) is 0 Å². The largest absolute Gasteiger partial charge is 0.0654 e. The van der Waals surface area contributed by atoms with E-state index in [4.69, 9.17) is 0 Å². The summed E-state index contributed by atoms with van der Waals surface area (Å²) < 4.78 is 0. The van der Waals surface area contributed by atoms with Crippen LogP contribution in [0.25, 0.3) is 0 Å². The molecule has 20 heavy (non-hydrogen) atoms. The smallest absolute Gasteiger partial charge is 0.0324 e. The van der Waals surface area contributed by atoms with Gasteiger partial charge in [-0.25, -0.2) is 0 Å². The molecule has 0 amide bonds. The molecule has 121 valence electrons. The normalized spacial score (nSPS) is 14.4. The molecule has 0 saturated heterocycles. The molecule has 0 nitrogen and oxygen atoms in total. The molecule has 0 heteroatoms. The lowest BCUT2D eigenvalue weighted by Gasteiger charge is -2.22. The molecule has 0 bridgehead atoms. The Balaban J connectivity index is 4.00. The standard InChI is InChI=1S/C20H41/c1-5-9-12-14-17-20(15-11-7-3)18-19(8-4)16-13-10-6-2/h18-20H,5-17H2,1-4H3. The van der Waals surface area contributed by atoms with Gasteiger partial charge in [-0.1, -0.05) is 111 Å². The second-order valence-corrected chi connectivity index (χ2v) is 6.61. The van der Waals surface area contributed by atoms with E-state index in [1.807, 2.05) is 0 Å². The van der Waals surface area contributed by atoms with Crippen molar-refractivity contribution in [1.29, 1.82) is 0 Å². The van der Waals surface area contributed by atoms with Gasteiger partial charge in [-0.15, -0.1) is 0 Å². The van der Waals surface area contributed by atoms with Crippen LogP contribution in [0.4, 0.5) is 0 Å². The van der Waals surface area contributed by atoms with Crippen LogP contribution in [0.2, 0.25) is 0 Å². The molecule has 0 aromatic rings. The highest BCUT2D eigenvalue weighted by Gasteiger charge is 2.15. The minimum Gasteiger partial charge on any atom is -0.0654 e. The van der Waals surface area contributed by atoms with E-state index in [9.17, 15) is 0 Å². The lowest BCUT2D eigenvalue weighted by Crippen LogP contribution is -2.10. The van der Waals surface area contributed by atoms with E-state index in [1.165, 1.54) is 83.5 Å². The maximum atomic E-state index is 2.75. The van der Waals surface area contributed by atoms with Crippen molar-refractivity contribution < 1.29 is 0 Å². The molecule has 0 aliphatic heterocycles. The zero-order chi connectivity index (χ0) is 15.1. The van der Waals surface area contributed by atoms with Gasteiger partial charge >= 0.3 is 0 Å². The number of rotatable bonds is 15. The molecule has 0 aromatic carbocycles. The third-order valence-electron chi connectivity index (χ3n) is 4.60. The number of unbranched alkanes of at least 4 members (excludes halogenated alkanes) is 6. The summed E-state index contributed by atoms with van der Waals surface area (Å²) in [6, 6.07) is 0. The Morgan fingerprint density at radius 1 is 0.550 bits per heavy atom. The van der Waals surface area contributed by atoms with Crippen LogP contribution < -0.4 is 0 Å². The van der Waals surface area contributed by atoms with Crippen LogP contribution in [-0.4, -0.2) is 0 Å². The van der Waals surface area contributed by atoms with Crippen molar-refractivity contribution in [3.05, 3.63) is 6.42 Å². The molecule has 0 heterocycles. The lowest BCUT2D eigenvalue weighted by molar-refractivity contribution is 0.385. The zero-order valence-corrected chi connectivity index (χ0v) is 14.9. The summed E-state index contributed by atoms with van der Waals surface area (Å²) in [4.78, 5) is 0. The van der Waals surface area contributed by atoms with E-state index in [1.54, 1.807) is 0 Å². The van der Waals surface area contributed by atoms with Crippen molar-refractivity contribution in [2.45, 2.75) is 111 Å². The van der Waals surface area contributed by atoms with Crippen LogP contribution in [0.3, 0.4) is 0 Å². The Hall–Kier alpha value is 0. The Kier molecular flexibility index (Phi) is 15.4. The molecule has 0 aliphatic carbocycles. The maximum absolute atomic E-state index is 2.75. The molecule has 2 unspecified atom stereocenters. The zero-order valence-electron chi connectivity index (χ0n) is 14.9. The van der Waals surface area contributed by atoms with Crippen LogP contribution in [0.15, 0.2) is 0 Å². The molecule has 2 atom stereocenters. The summed E-state index contributed by atoms with van der Waals surface area (Å²) in [5, 5.41) is 0. The van der Waals surface area contributed by atoms with Gasteiger partial charge in [-0.2, -0.15) is 0 Å². The van der Waals surface area contributed by atoms with Crippen molar-refractivity contribution >= 4 is 0 Å². The van der Waals surface area contributed by atoms with Crippen molar-refractivity contribution in [1.82, 2.24) is 0 Å². The minimum absolute atomic E-state index is 0.884. The molecular formula is C20H41. The molecule has 0 fully saturated rings. The van der Waals surface area contributed by atoms with Crippen LogP contribution >= 0.6 is 0 Å². The van der Waals surface area contributed by atoms with Crippen molar-refractivity contribution in [3.63, 3.8) is 0 Å². The monoisotopic (exact) mass is 281 g/mol. The highest BCUT2D eigenvalue weighted by atomic mass is 14.2. The fourth-order valence-corrected chi connectivity index (χ4v) is 3.11. The summed E-state index contributed by atoms with van der Waals surface area (Å²) in [6.07, 6.45) is 21.1. The number of hydrogen-bond acceptors (Lipinski definition) is 0. The molecule has 1 radical (unpaired) electrons. The molecule has 0 aromatic heterocycles. The van der Waals surface area contributed by atoms with Gasteiger partial charge in [0.25, 0.3) is 0 Å². The molecule has 0 rings (SSSR count). The first-order valence-corrected chi connectivity index (χ1v) is 9.63. The first-order valence-electron chi connectivity index (χ1n) is 9.63. The molecule has 0 saturated carbocycles. The van der Waals surface area contributed by atoms with Crippen LogP contribution in [0.5, 0.6) is 0 Å². The first-order chi connectivity index (χ1) is 9.78. The van der Waals surface area contributed by atoms with E-state index in [-0.39, 0.29) is 0 Å². The average Bonchev–Trinajstić information content (AvgIpc) is 2.47. The van der Waals surface area contributed by atoms with Crippen molar-refractivity contribution in [2.24, 2.45) is 11.8 Å². The fraction of sp³-hybridized carbons (Fsp3) is 0.950. The summed E-state index contributed by atoms with van der Waals surface area (Å²) in [5.41, 5.74) is 0. The van der Waals surface area contributed by atoms with Crippen molar-refractivity contribution in [2.75, 3.05) is 0 Å². The molecular weight excluding hydrogens is 240 g/mol. The van der Waals surface area contributed by atoms with Crippen LogP contribution in [0, 0.1) is 18.3 Å². The quantitative estimate of drug-likeness (QED) is 0.271. The van der Waals surface area contributed by atoms with Crippen LogP contribution in [0.1, 0.15) is 111 Å². The Morgan fingerprint density at radius 2 is 1.05 bits per heavy atom. The fourth-order valence-electron chi connectivity index (χ4n) is 3.11. The Labute approximate surface area is 130 Å². The maximum Gasteiger partial charge on any atom is -0.0324 e. The number of hydrogen-bond donors (Lipinski definition) is 0. The van der Waals surface area contributed by atoms with Gasteiger partial charge in [-0.05, 0) is 18.3 Å². The van der Waals surface area contributed by atoms with Crippen molar-refractivity contribution in [3.8, 4) is 0 Å². The molecule has 0 N–H and O–H groups in total. The van der Waals surface area contributed by atoms with Gasteiger partial charge < -0.3 is 0 Å². The second kappa shape index (κ2) is 15.4. The van der Waals surface area contributed by atoms with E-state index < -0.39 is 0 Å². The third kappa shape index (κ3) is 11.8. The lowest BCUT2D eigenvalue weighted by atomic mass is 9.83. The summed E-state index contributed by atoms with van der Waals surface area (Å²) in [7, 11) is 0. The van der Waals surface area contributed by atoms with Crippen LogP contribution in [-0.2, 0) is 0 Å². The Morgan fingerprint density at radius 3 is 1.65 bits per heavy atom. The molecule has 0 spiro atoms. The first kappa shape index (κ1) is 20.0. The van der Waals surface area contributed by atoms with E-state index >= 15 is 0 Å². The Bertz CT molecular complexity index is 173. The summed E-state index contributed by atoms with van der Waals surface area (Å²) >= 11 is 0. The van der Waals surface area contributed by atoms with Gasteiger partial charge in [0.1, 0.15) is 0 Å². The van der Waals surface area contributed by atoms with Gasteiger partial charge in [0.15, 0.2) is 0 Å². The van der Waals surface area contributed by atoms with Gasteiger partial charge in [0, 0.05) is 0 Å². The van der Waals surface area contributed by atoms with Gasteiger partial charge in [-0.3, -0.25) is 0 Å². The predicted molar refractivity (Wildman–Crippen MR) is 94.0 cm³/mol. The third-order valence-corrected chi connectivity index (χ3v) is 4.60. The summed E-state index contributed by atoms with van der Waals surface area (Å²) in [6.45, 7) is 9.32. The average molecular weight is 282 g/mol. The minimum atomic E-state index is 0.884. The second-order valence-electron chi connectivity index (χ2n) is 6.61. The van der Waals surface area contributed by atoms with E-state index in [0.717, 1.165) is 11.8 Å². The predicted octanol–water partition coefficient (Wildman–Crippen LogP) is 7.57. The SMILES string of the molecule is CCCCCCC([CH]C(CC)CCCCC)CCCC.